The highest BCUT2D eigenvalue weighted by Crippen LogP contribution is 2.36. The van der Waals surface area contributed by atoms with E-state index >= 15 is 0 Å². The smallest absolute Gasteiger partial charge is 0.265 e. The number of benzene rings is 3. The van der Waals surface area contributed by atoms with Crippen LogP contribution in [-0.4, -0.2) is 5.91 Å². The van der Waals surface area contributed by atoms with Gasteiger partial charge in [-0.25, -0.2) is 0 Å². The summed E-state index contributed by atoms with van der Waals surface area (Å²) in [4.78, 5) is 19.3. The van der Waals surface area contributed by atoms with Gasteiger partial charge in [0.05, 0.1) is 0 Å². The highest BCUT2D eigenvalue weighted by atomic mass is 16.7. The number of rotatable bonds is 3. The molecule has 1 saturated heterocycles. The third-order valence-corrected chi connectivity index (χ3v) is 4.42. The molecular weight excluding hydrogens is 312 g/mol. The normalized spacial score (nSPS) is 19.2. The zero-order chi connectivity index (χ0) is 17.1. The lowest BCUT2D eigenvalue weighted by atomic mass is 9.84. The topological polar surface area (TPSA) is 50.4 Å². The highest BCUT2D eigenvalue weighted by molar-refractivity contribution is 5.91. The molecule has 1 fully saturated rings. The summed E-state index contributed by atoms with van der Waals surface area (Å²) >= 11 is 0. The quantitative estimate of drug-likeness (QED) is 0.775. The minimum Gasteiger partial charge on any atom is -0.332 e. The molecule has 1 aliphatic rings. The maximum Gasteiger partial charge on any atom is 0.265 e. The average Bonchev–Trinajstić information content (AvgIpc) is 2.70. The minimum atomic E-state index is -1.23. The Labute approximate surface area is 146 Å². The summed E-state index contributed by atoms with van der Waals surface area (Å²) in [6.07, 6.45) is -0.394. The summed E-state index contributed by atoms with van der Waals surface area (Å²) in [7, 11) is 0. The van der Waals surface area contributed by atoms with Gasteiger partial charge in [-0.1, -0.05) is 91.0 Å². The van der Waals surface area contributed by atoms with E-state index in [9.17, 15) is 4.79 Å². The van der Waals surface area contributed by atoms with Crippen LogP contribution in [0.5, 0.6) is 0 Å². The average molecular weight is 330 g/mol. The van der Waals surface area contributed by atoms with E-state index in [1.54, 1.807) is 0 Å². The fourth-order valence-corrected chi connectivity index (χ4v) is 3.15. The molecule has 4 nitrogen and oxygen atoms in total. The van der Waals surface area contributed by atoms with Crippen molar-refractivity contribution < 1.29 is 9.63 Å². The maximum absolute atomic E-state index is 13.2. The summed E-state index contributed by atoms with van der Waals surface area (Å²) < 4.78 is 0. The first kappa shape index (κ1) is 15.6. The van der Waals surface area contributed by atoms with Gasteiger partial charge in [0, 0.05) is 0 Å². The second-order valence-corrected chi connectivity index (χ2v) is 5.95. The molecule has 4 rings (SSSR count). The van der Waals surface area contributed by atoms with Crippen LogP contribution >= 0.6 is 0 Å². The summed E-state index contributed by atoms with van der Waals surface area (Å²) in [5.41, 5.74) is 4.28. The first-order valence-corrected chi connectivity index (χ1v) is 8.21. The van der Waals surface area contributed by atoms with E-state index in [1.807, 2.05) is 91.0 Å². The van der Waals surface area contributed by atoms with Gasteiger partial charge in [0.2, 0.25) is 5.60 Å². The van der Waals surface area contributed by atoms with E-state index in [1.165, 1.54) is 0 Å². The lowest BCUT2D eigenvalue weighted by Gasteiger charge is -2.40. The monoisotopic (exact) mass is 330 g/mol. The van der Waals surface area contributed by atoms with Gasteiger partial charge >= 0.3 is 0 Å². The first-order valence-electron chi connectivity index (χ1n) is 8.21. The molecule has 4 heteroatoms. The molecule has 0 radical (unpaired) electrons. The van der Waals surface area contributed by atoms with Crippen molar-refractivity contribution >= 4 is 5.91 Å². The number of hydrogen-bond acceptors (Lipinski definition) is 3. The zero-order valence-electron chi connectivity index (χ0n) is 13.6. The van der Waals surface area contributed by atoms with Crippen LogP contribution in [0.3, 0.4) is 0 Å². The molecule has 0 aromatic heterocycles. The standard InChI is InChI=1S/C21H18N2O2/c24-20-21(17-12-6-2-7-13-17,18-14-8-3-9-15-18)25-23-19(22-20)16-10-4-1-5-11-16/h1-15,19,23H,(H,22,24). The molecule has 0 spiro atoms. The van der Waals surface area contributed by atoms with Crippen LogP contribution in [0.15, 0.2) is 91.0 Å². The van der Waals surface area contributed by atoms with Crippen molar-refractivity contribution in [3.05, 3.63) is 108 Å². The Hall–Kier alpha value is -2.95. The molecule has 1 unspecified atom stereocenters. The summed E-state index contributed by atoms with van der Waals surface area (Å²) in [5.74, 6) is -0.197. The van der Waals surface area contributed by atoms with Crippen molar-refractivity contribution in [2.45, 2.75) is 11.8 Å². The van der Waals surface area contributed by atoms with Crippen LogP contribution in [0, 0.1) is 0 Å². The van der Waals surface area contributed by atoms with Crippen molar-refractivity contribution in [1.29, 1.82) is 0 Å². The molecule has 0 aliphatic carbocycles. The molecule has 0 bridgehead atoms. The van der Waals surface area contributed by atoms with Gasteiger partial charge in [0.1, 0.15) is 6.17 Å². The van der Waals surface area contributed by atoms with Crippen molar-refractivity contribution in [3.8, 4) is 0 Å². The summed E-state index contributed by atoms with van der Waals surface area (Å²) in [6.45, 7) is 0. The van der Waals surface area contributed by atoms with Crippen molar-refractivity contribution in [2.24, 2.45) is 0 Å². The Kier molecular flexibility index (Phi) is 4.06. The Morgan fingerprint density at radius 3 is 1.68 bits per heavy atom. The molecule has 2 N–H and O–H groups in total. The molecule has 25 heavy (non-hydrogen) atoms. The Bertz CT molecular complexity index is 811. The van der Waals surface area contributed by atoms with Gasteiger partial charge in [0.25, 0.3) is 5.91 Å². The van der Waals surface area contributed by atoms with E-state index < -0.39 is 11.8 Å². The van der Waals surface area contributed by atoms with E-state index in [0.29, 0.717) is 0 Å². The van der Waals surface area contributed by atoms with Crippen LogP contribution < -0.4 is 10.8 Å². The number of hydrogen-bond donors (Lipinski definition) is 2. The van der Waals surface area contributed by atoms with Gasteiger partial charge in [0.15, 0.2) is 0 Å². The molecule has 3 aromatic rings. The van der Waals surface area contributed by atoms with Crippen molar-refractivity contribution in [1.82, 2.24) is 10.8 Å². The Morgan fingerprint density at radius 1 is 0.720 bits per heavy atom. The SMILES string of the molecule is O=C1NC(c2ccccc2)NOC1(c1ccccc1)c1ccccc1. The highest BCUT2D eigenvalue weighted by Gasteiger charge is 2.48. The molecule has 3 aromatic carbocycles. The molecule has 0 saturated carbocycles. The lowest BCUT2D eigenvalue weighted by Crippen LogP contribution is -2.59. The Morgan fingerprint density at radius 2 is 1.20 bits per heavy atom. The van der Waals surface area contributed by atoms with Crippen LogP contribution in [0.1, 0.15) is 22.9 Å². The van der Waals surface area contributed by atoms with E-state index in [2.05, 4.69) is 10.8 Å². The third kappa shape index (κ3) is 2.71. The van der Waals surface area contributed by atoms with E-state index in [4.69, 9.17) is 4.84 Å². The van der Waals surface area contributed by atoms with Crippen molar-refractivity contribution in [3.63, 3.8) is 0 Å². The fourth-order valence-electron chi connectivity index (χ4n) is 3.15. The van der Waals surface area contributed by atoms with Gasteiger partial charge in [-0.15, -0.1) is 0 Å². The fraction of sp³-hybridized carbons (Fsp3) is 0.0952. The third-order valence-electron chi connectivity index (χ3n) is 4.42. The predicted molar refractivity (Wildman–Crippen MR) is 95.2 cm³/mol. The molecule has 1 amide bonds. The second kappa shape index (κ2) is 6.51. The van der Waals surface area contributed by atoms with E-state index in [0.717, 1.165) is 16.7 Å². The maximum atomic E-state index is 13.2. The minimum absolute atomic E-state index is 0.197. The lowest BCUT2D eigenvalue weighted by molar-refractivity contribution is -0.175. The summed E-state index contributed by atoms with van der Waals surface area (Å²) in [5, 5.41) is 3.05. The molecular formula is C21H18N2O2. The largest absolute Gasteiger partial charge is 0.332 e. The van der Waals surface area contributed by atoms with Crippen LogP contribution in [0.4, 0.5) is 0 Å². The van der Waals surface area contributed by atoms with Crippen LogP contribution in [0.2, 0.25) is 0 Å². The first-order chi connectivity index (χ1) is 12.3. The number of hydroxylamine groups is 1. The van der Waals surface area contributed by atoms with Crippen LogP contribution in [-0.2, 0) is 15.2 Å². The number of nitrogens with one attached hydrogen (secondary N) is 2. The molecule has 1 atom stereocenters. The zero-order valence-corrected chi connectivity index (χ0v) is 13.6. The summed E-state index contributed by atoms with van der Waals surface area (Å²) in [6, 6.07) is 28.7. The second-order valence-electron chi connectivity index (χ2n) is 5.95. The van der Waals surface area contributed by atoms with Crippen molar-refractivity contribution in [2.75, 3.05) is 0 Å². The van der Waals surface area contributed by atoms with E-state index in [-0.39, 0.29) is 5.91 Å². The number of amides is 1. The molecule has 124 valence electrons. The van der Waals surface area contributed by atoms with Gasteiger partial charge < -0.3 is 5.32 Å². The number of carbonyl (C=O) groups is 1. The predicted octanol–water partition coefficient (Wildman–Crippen LogP) is 3.28. The number of carbonyl (C=O) groups excluding carboxylic acids is 1. The Balaban J connectivity index is 1.75. The van der Waals surface area contributed by atoms with Crippen LogP contribution in [0.25, 0.3) is 0 Å². The molecule has 1 heterocycles. The van der Waals surface area contributed by atoms with Gasteiger partial charge in [-0.3, -0.25) is 9.63 Å². The molecule has 1 aliphatic heterocycles. The van der Waals surface area contributed by atoms with Gasteiger partial charge in [-0.05, 0) is 16.7 Å². The van der Waals surface area contributed by atoms with Gasteiger partial charge in [-0.2, -0.15) is 5.48 Å².